The van der Waals surface area contributed by atoms with Crippen molar-refractivity contribution in [1.82, 2.24) is 19.9 Å². The number of fused-ring (bicyclic) bond motifs is 2. The van der Waals surface area contributed by atoms with Crippen molar-refractivity contribution in [3.63, 3.8) is 0 Å². The molecule has 0 bridgehead atoms. The summed E-state index contributed by atoms with van der Waals surface area (Å²) in [4.78, 5) is 32.9. The molecule has 5 nitrogen and oxygen atoms in total. The average Bonchev–Trinajstić information content (AvgIpc) is 3.29. The lowest BCUT2D eigenvalue weighted by Gasteiger charge is -2.43. The van der Waals surface area contributed by atoms with Crippen molar-refractivity contribution in [3.8, 4) is 0 Å². The molecule has 1 unspecified atom stereocenters. The number of Topliss-reactive ketones (excluding diaryl/α,β-unsaturated/α-hetero) is 1. The summed E-state index contributed by atoms with van der Waals surface area (Å²) in [6.45, 7) is 2.01. The molecule has 5 aromatic rings. The Bertz CT molecular complexity index is 1620. The van der Waals surface area contributed by atoms with Gasteiger partial charge in [-0.25, -0.2) is 0 Å². The van der Waals surface area contributed by atoms with Crippen LogP contribution in [0, 0.1) is 5.92 Å². The highest BCUT2D eigenvalue weighted by molar-refractivity contribution is 6.02. The van der Waals surface area contributed by atoms with Crippen LogP contribution in [0.2, 0.25) is 0 Å². The van der Waals surface area contributed by atoms with Gasteiger partial charge in [-0.05, 0) is 77.7 Å². The summed E-state index contributed by atoms with van der Waals surface area (Å²) in [5.41, 5.74) is 5.70. The molecule has 0 fully saturated rings. The van der Waals surface area contributed by atoms with Gasteiger partial charge >= 0.3 is 0 Å². The molecule has 2 aliphatic rings. The molecule has 0 aliphatic heterocycles. The first-order valence-electron chi connectivity index (χ1n) is 13.2. The lowest BCUT2D eigenvalue weighted by molar-refractivity contribution is 0.0946. The molecule has 0 amide bonds. The number of aromatic nitrogens is 4. The van der Waals surface area contributed by atoms with Crippen molar-refractivity contribution >= 4 is 5.78 Å². The Morgan fingerprint density at radius 2 is 1.03 bits per heavy atom. The number of ketones is 1. The van der Waals surface area contributed by atoms with Gasteiger partial charge in [0.2, 0.25) is 0 Å². The third-order valence-electron chi connectivity index (χ3n) is 8.19. The number of benzene rings is 1. The van der Waals surface area contributed by atoms with E-state index in [9.17, 15) is 4.79 Å². The standard InChI is InChI=1S/C34H26N4O/c1-23-20-24-21-26-27(22-25(24)32(23)39)34(30-12-4-8-18-37-30,31-13-5-9-19-38-31)15-14-33(26,28-10-2-6-16-35-28)29-11-3-7-17-36-29/h2-19,21-23H,20H2,1H3. The zero-order valence-corrected chi connectivity index (χ0v) is 21.5. The first kappa shape index (κ1) is 23.4. The van der Waals surface area contributed by atoms with Crippen molar-refractivity contribution < 1.29 is 4.79 Å². The van der Waals surface area contributed by atoms with E-state index in [1.165, 1.54) is 0 Å². The van der Waals surface area contributed by atoms with Gasteiger partial charge in [0.05, 0.1) is 33.6 Å². The molecule has 0 saturated carbocycles. The van der Waals surface area contributed by atoms with E-state index >= 15 is 0 Å². The maximum Gasteiger partial charge on any atom is 0.166 e. The highest BCUT2D eigenvalue weighted by atomic mass is 16.1. The molecule has 5 heteroatoms. The first-order valence-corrected chi connectivity index (χ1v) is 13.2. The Kier molecular flexibility index (Phi) is 5.34. The number of hydrogen-bond acceptors (Lipinski definition) is 5. The predicted molar refractivity (Wildman–Crippen MR) is 149 cm³/mol. The van der Waals surface area contributed by atoms with Gasteiger partial charge in [0, 0.05) is 36.3 Å². The van der Waals surface area contributed by atoms with Crippen LogP contribution in [0.25, 0.3) is 0 Å². The minimum absolute atomic E-state index is 0.0602. The van der Waals surface area contributed by atoms with Crippen LogP contribution in [0.4, 0.5) is 0 Å². The molecule has 2 aliphatic carbocycles. The maximum absolute atomic E-state index is 13.4. The summed E-state index contributed by atoms with van der Waals surface area (Å²) in [7, 11) is 0. The predicted octanol–water partition coefficient (Wildman–Crippen LogP) is 5.88. The summed E-state index contributed by atoms with van der Waals surface area (Å²) < 4.78 is 0. The largest absolute Gasteiger partial charge is 0.294 e. The van der Waals surface area contributed by atoms with Gasteiger partial charge < -0.3 is 0 Å². The fourth-order valence-corrected chi connectivity index (χ4v) is 6.35. The molecule has 1 aromatic carbocycles. The van der Waals surface area contributed by atoms with Crippen molar-refractivity contribution in [2.24, 2.45) is 5.92 Å². The first-order chi connectivity index (χ1) is 19.1. The number of pyridine rings is 4. The Hall–Kier alpha value is -4.77. The minimum Gasteiger partial charge on any atom is -0.294 e. The summed E-state index contributed by atoms with van der Waals surface area (Å²) >= 11 is 0. The normalized spacial score (nSPS) is 18.4. The van der Waals surface area contributed by atoms with E-state index in [1.807, 2.05) is 92.4 Å². The molecule has 39 heavy (non-hydrogen) atoms. The van der Waals surface area contributed by atoms with Crippen LogP contribution in [0.3, 0.4) is 0 Å². The molecule has 0 radical (unpaired) electrons. The van der Waals surface area contributed by atoms with E-state index in [0.717, 1.165) is 45.0 Å². The highest BCUT2D eigenvalue weighted by Gasteiger charge is 2.50. The second-order valence-electron chi connectivity index (χ2n) is 10.3. The molecule has 4 heterocycles. The average molecular weight is 507 g/mol. The molecular weight excluding hydrogens is 480 g/mol. The van der Waals surface area contributed by atoms with Crippen molar-refractivity contribution in [1.29, 1.82) is 0 Å². The van der Waals surface area contributed by atoms with Crippen molar-refractivity contribution in [2.45, 2.75) is 24.2 Å². The lowest BCUT2D eigenvalue weighted by atomic mass is 9.59. The molecule has 0 spiro atoms. The second-order valence-corrected chi connectivity index (χ2v) is 10.3. The molecule has 1 atom stereocenters. The summed E-state index contributed by atoms with van der Waals surface area (Å²) in [5, 5.41) is 0. The number of nitrogens with zero attached hydrogens (tertiary/aromatic N) is 4. The van der Waals surface area contributed by atoms with Crippen LogP contribution in [0.1, 0.15) is 56.7 Å². The van der Waals surface area contributed by atoms with Crippen molar-refractivity contribution in [2.75, 3.05) is 0 Å². The van der Waals surface area contributed by atoms with E-state index in [0.29, 0.717) is 6.42 Å². The number of hydrogen-bond donors (Lipinski definition) is 0. The number of rotatable bonds is 4. The Morgan fingerprint density at radius 1 is 0.615 bits per heavy atom. The maximum atomic E-state index is 13.4. The third kappa shape index (κ3) is 3.36. The third-order valence-corrected chi connectivity index (χ3v) is 8.19. The van der Waals surface area contributed by atoms with Crippen LogP contribution < -0.4 is 0 Å². The van der Waals surface area contributed by atoms with Crippen LogP contribution in [0.15, 0.2) is 122 Å². The Labute approximate surface area is 227 Å². The lowest BCUT2D eigenvalue weighted by Crippen LogP contribution is -2.41. The number of allylic oxidation sites excluding steroid dienone is 2. The van der Waals surface area contributed by atoms with Gasteiger partial charge in [-0.2, -0.15) is 0 Å². The number of carbonyl (C=O) groups excluding carboxylic acids is 1. The van der Waals surface area contributed by atoms with E-state index in [-0.39, 0.29) is 11.7 Å². The van der Waals surface area contributed by atoms with Crippen LogP contribution >= 0.6 is 0 Å². The summed E-state index contributed by atoms with van der Waals surface area (Å²) in [6.07, 6.45) is 12.4. The molecule has 0 N–H and O–H groups in total. The summed E-state index contributed by atoms with van der Waals surface area (Å²) in [5.74, 6) is 0.120. The molecule has 0 saturated heterocycles. The van der Waals surface area contributed by atoms with Crippen molar-refractivity contribution in [3.05, 3.63) is 167 Å². The minimum atomic E-state index is -0.813. The van der Waals surface area contributed by atoms with Gasteiger partial charge in [0.1, 0.15) is 0 Å². The van der Waals surface area contributed by atoms with Gasteiger partial charge in [0.15, 0.2) is 5.78 Å². The highest BCUT2D eigenvalue weighted by Crippen LogP contribution is 2.53. The smallest absolute Gasteiger partial charge is 0.166 e. The summed E-state index contributed by atoms with van der Waals surface area (Å²) in [6, 6.07) is 28.2. The second kappa shape index (κ2) is 8.91. The Morgan fingerprint density at radius 3 is 1.41 bits per heavy atom. The number of carbonyl (C=O) groups is 1. The fourth-order valence-electron chi connectivity index (χ4n) is 6.35. The topological polar surface area (TPSA) is 68.6 Å². The zero-order chi connectivity index (χ0) is 26.5. The van der Waals surface area contributed by atoms with E-state index in [1.54, 1.807) is 0 Å². The molecule has 188 valence electrons. The van der Waals surface area contributed by atoms with Gasteiger partial charge in [0.25, 0.3) is 0 Å². The van der Waals surface area contributed by atoms with Crippen LogP contribution in [-0.2, 0) is 17.3 Å². The molecular formula is C34H26N4O. The monoisotopic (exact) mass is 506 g/mol. The van der Waals surface area contributed by atoms with E-state index in [4.69, 9.17) is 19.9 Å². The Balaban J connectivity index is 1.66. The molecule has 4 aromatic heterocycles. The van der Waals surface area contributed by atoms with Gasteiger partial charge in [-0.15, -0.1) is 0 Å². The van der Waals surface area contributed by atoms with Gasteiger partial charge in [-0.3, -0.25) is 24.7 Å². The fraction of sp³-hybridized carbons (Fsp3) is 0.147. The zero-order valence-electron chi connectivity index (χ0n) is 21.5. The van der Waals surface area contributed by atoms with E-state index in [2.05, 4.69) is 36.4 Å². The van der Waals surface area contributed by atoms with E-state index < -0.39 is 10.8 Å². The molecule has 7 rings (SSSR count). The quantitative estimate of drug-likeness (QED) is 0.285. The van der Waals surface area contributed by atoms with Crippen LogP contribution in [0.5, 0.6) is 0 Å². The van der Waals surface area contributed by atoms with Gasteiger partial charge in [-0.1, -0.05) is 49.4 Å². The van der Waals surface area contributed by atoms with Crippen LogP contribution in [-0.4, -0.2) is 25.7 Å². The SMILES string of the molecule is CC1Cc2cc3c(cc2C1=O)C(c1ccccn1)(c1ccccn1)C=CC3(c1ccccn1)c1ccccn1.